The summed E-state index contributed by atoms with van der Waals surface area (Å²) in [5.41, 5.74) is 1.82. The van der Waals surface area contributed by atoms with Crippen LogP contribution in [0.25, 0.3) is 0 Å². The predicted octanol–water partition coefficient (Wildman–Crippen LogP) is 6.02. The second-order valence-corrected chi connectivity index (χ2v) is 7.14. The van der Waals surface area contributed by atoms with Gasteiger partial charge in [-0.1, -0.05) is 98.2 Å². The van der Waals surface area contributed by atoms with Gasteiger partial charge in [0.2, 0.25) is 0 Å². The summed E-state index contributed by atoms with van der Waals surface area (Å²) in [6, 6.07) is 20.1. The van der Waals surface area contributed by atoms with Crippen molar-refractivity contribution in [1.82, 2.24) is 0 Å². The van der Waals surface area contributed by atoms with E-state index in [2.05, 4.69) is 37.5 Å². The molecular formula is C27H28O. The normalized spacial score (nSPS) is 12.2. The third-order valence-corrected chi connectivity index (χ3v) is 4.18. The van der Waals surface area contributed by atoms with Crippen LogP contribution < -0.4 is 0 Å². The molecule has 0 heterocycles. The predicted molar refractivity (Wildman–Crippen MR) is 119 cm³/mol. The first kappa shape index (κ1) is 21.3. The number of hydrogen-bond acceptors (Lipinski definition) is 1. The number of ether oxygens (including phenoxy) is 1. The number of hydrogen-bond donors (Lipinski definition) is 0. The molecule has 1 nitrogen and oxygen atoms in total. The van der Waals surface area contributed by atoms with Crippen LogP contribution in [0.4, 0.5) is 0 Å². The number of benzene rings is 2. The van der Waals surface area contributed by atoms with Gasteiger partial charge in [-0.3, -0.25) is 0 Å². The molecular weight excluding hydrogens is 340 g/mol. The fourth-order valence-electron chi connectivity index (χ4n) is 2.52. The molecule has 2 rings (SSSR count). The van der Waals surface area contributed by atoms with E-state index in [0.717, 1.165) is 11.1 Å². The summed E-state index contributed by atoms with van der Waals surface area (Å²) in [6.45, 7) is 6.83. The lowest BCUT2D eigenvalue weighted by Gasteiger charge is -2.28. The Bertz CT molecular complexity index is 881. The van der Waals surface area contributed by atoms with Crippen molar-refractivity contribution in [3.05, 3.63) is 96.1 Å². The molecule has 0 fully saturated rings. The minimum atomic E-state index is -0.215. The van der Waals surface area contributed by atoms with E-state index in [1.54, 1.807) is 0 Å². The molecule has 0 N–H and O–H groups in total. The summed E-state index contributed by atoms with van der Waals surface area (Å²) in [7, 11) is 0. The molecule has 0 saturated heterocycles. The Morgan fingerprint density at radius 1 is 0.893 bits per heavy atom. The zero-order valence-electron chi connectivity index (χ0n) is 17.0. The summed E-state index contributed by atoms with van der Waals surface area (Å²) >= 11 is 0. The first-order valence-corrected chi connectivity index (χ1v) is 9.62. The molecule has 1 unspecified atom stereocenters. The van der Waals surface area contributed by atoms with Gasteiger partial charge in [0, 0.05) is 23.0 Å². The van der Waals surface area contributed by atoms with Gasteiger partial charge in [0.15, 0.2) is 0 Å². The molecule has 2 aromatic carbocycles. The summed E-state index contributed by atoms with van der Waals surface area (Å²) in [6.07, 6.45) is 8.46. The average Bonchev–Trinajstić information content (AvgIpc) is 2.71. The highest BCUT2D eigenvalue weighted by atomic mass is 16.5. The van der Waals surface area contributed by atoms with E-state index in [1.165, 1.54) is 0 Å². The van der Waals surface area contributed by atoms with E-state index in [4.69, 9.17) is 4.74 Å². The average molecular weight is 369 g/mol. The Morgan fingerprint density at radius 2 is 1.50 bits per heavy atom. The lowest BCUT2D eigenvalue weighted by Crippen LogP contribution is -2.30. The monoisotopic (exact) mass is 368 g/mol. The minimum absolute atomic E-state index is 0.196. The van der Waals surface area contributed by atoms with Crippen LogP contribution in [0, 0.1) is 29.1 Å². The zero-order chi connectivity index (χ0) is 20.1. The molecule has 0 amide bonds. The zero-order valence-corrected chi connectivity index (χ0v) is 17.0. The van der Waals surface area contributed by atoms with E-state index >= 15 is 0 Å². The summed E-state index contributed by atoms with van der Waals surface area (Å²) in [5, 5.41) is 0. The van der Waals surface area contributed by atoms with E-state index in [-0.39, 0.29) is 11.5 Å². The van der Waals surface area contributed by atoms with E-state index in [9.17, 15) is 0 Å². The van der Waals surface area contributed by atoms with Gasteiger partial charge in [0.1, 0.15) is 6.10 Å². The van der Waals surface area contributed by atoms with Crippen molar-refractivity contribution in [3.63, 3.8) is 0 Å². The fourth-order valence-corrected chi connectivity index (χ4v) is 2.52. The maximum Gasteiger partial charge on any atom is 0.124 e. The molecule has 0 aromatic heterocycles. The van der Waals surface area contributed by atoms with Gasteiger partial charge in [-0.15, -0.1) is 0 Å². The molecule has 142 valence electrons. The first-order valence-electron chi connectivity index (χ1n) is 9.62. The summed E-state index contributed by atoms with van der Waals surface area (Å²) in [4.78, 5) is 0. The van der Waals surface area contributed by atoms with E-state index < -0.39 is 0 Å². The van der Waals surface area contributed by atoms with Crippen LogP contribution >= 0.6 is 0 Å². The number of allylic oxidation sites excluding steroid dienone is 3. The van der Waals surface area contributed by atoms with Gasteiger partial charge in [0.25, 0.3) is 0 Å². The highest BCUT2D eigenvalue weighted by molar-refractivity contribution is 5.36. The van der Waals surface area contributed by atoms with Crippen molar-refractivity contribution < 1.29 is 4.74 Å². The molecule has 1 atom stereocenters. The molecule has 0 aliphatic rings. The van der Waals surface area contributed by atoms with Gasteiger partial charge >= 0.3 is 0 Å². The van der Waals surface area contributed by atoms with E-state index in [1.807, 2.05) is 91.9 Å². The Hall–Kier alpha value is -3.00. The van der Waals surface area contributed by atoms with E-state index in [0.29, 0.717) is 13.0 Å². The van der Waals surface area contributed by atoms with Crippen LogP contribution in [0.5, 0.6) is 0 Å². The maximum absolute atomic E-state index is 6.12. The van der Waals surface area contributed by atoms with Crippen LogP contribution in [-0.4, -0.2) is 12.7 Å². The Balaban J connectivity index is 2.13. The summed E-state index contributed by atoms with van der Waals surface area (Å²) < 4.78 is 6.12. The number of rotatable bonds is 6. The van der Waals surface area contributed by atoms with Gasteiger partial charge in [-0.2, -0.15) is 0 Å². The van der Waals surface area contributed by atoms with Crippen molar-refractivity contribution in [3.8, 4) is 23.7 Å². The maximum atomic E-state index is 6.12. The Morgan fingerprint density at radius 3 is 2.11 bits per heavy atom. The van der Waals surface area contributed by atoms with Gasteiger partial charge in [-0.25, -0.2) is 0 Å². The molecule has 28 heavy (non-hydrogen) atoms. The molecule has 0 aliphatic carbocycles. The second kappa shape index (κ2) is 11.7. The van der Waals surface area contributed by atoms with Crippen molar-refractivity contribution in [2.45, 2.75) is 33.3 Å². The topological polar surface area (TPSA) is 9.23 Å². The lowest BCUT2D eigenvalue weighted by atomic mass is 9.83. The standard InChI is InChI=1S/C27H28O/c1-4-5-6-13-23-28-26(21-20-25-17-11-8-12-18-25)27(2,3)22-14-19-24-15-9-7-10-16-24/h4-13,15-18,26H,22-23H2,1-3H3/b5-4+,13-6+. The van der Waals surface area contributed by atoms with Crippen molar-refractivity contribution >= 4 is 0 Å². The highest BCUT2D eigenvalue weighted by Gasteiger charge is 2.28. The minimum Gasteiger partial charge on any atom is -0.361 e. The largest absolute Gasteiger partial charge is 0.361 e. The third kappa shape index (κ3) is 7.71. The summed E-state index contributed by atoms with van der Waals surface area (Å²) in [5.74, 6) is 13.1. The highest BCUT2D eigenvalue weighted by Crippen LogP contribution is 2.27. The smallest absolute Gasteiger partial charge is 0.124 e. The van der Waals surface area contributed by atoms with Gasteiger partial charge in [-0.05, 0) is 31.2 Å². The first-order chi connectivity index (χ1) is 13.6. The van der Waals surface area contributed by atoms with Crippen LogP contribution in [0.15, 0.2) is 85.0 Å². The second-order valence-electron chi connectivity index (χ2n) is 7.14. The Labute approximate surface area is 170 Å². The van der Waals surface area contributed by atoms with Crippen LogP contribution in [0.3, 0.4) is 0 Å². The molecule has 0 radical (unpaired) electrons. The molecule has 0 bridgehead atoms. The quantitative estimate of drug-likeness (QED) is 0.447. The Kier molecular flexibility index (Phi) is 8.87. The SMILES string of the molecule is C/C=C/C=C/COC(C#Cc1ccccc1)C(C)(C)CC#Cc1ccccc1. The fraction of sp³-hybridized carbons (Fsp3) is 0.259. The van der Waals surface area contributed by atoms with Crippen molar-refractivity contribution in [2.24, 2.45) is 5.41 Å². The lowest BCUT2D eigenvalue weighted by molar-refractivity contribution is 0.0313. The van der Waals surface area contributed by atoms with Crippen molar-refractivity contribution in [2.75, 3.05) is 6.61 Å². The van der Waals surface area contributed by atoms with Crippen molar-refractivity contribution in [1.29, 1.82) is 0 Å². The molecule has 0 spiro atoms. The molecule has 0 saturated carbocycles. The molecule has 0 aliphatic heterocycles. The van der Waals surface area contributed by atoms with Crippen LogP contribution in [-0.2, 0) is 4.74 Å². The third-order valence-electron chi connectivity index (χ3n) is 4.18. The van der Waals surface area contributed by atoms with Crippen LogP contribution in [0.1, 0.15) is 38.3 Å². The van der Waals surface area contributed by atoms with Gasteiger partial charge < -0.3 is 4.74 Å². The van der Waals surface area contributed by atoms with Crippen LogP contribution in [0.2, 0.25) is 0 Å². The van der Waals surface area contributed by atoms with Gasteiger partial charge in [0.05, 0.1) is 6.61 Å². The molecule has 1 heteroatoms. The molecule has 2 aromatic rings.